The van der Waals surface area contributed by atoms with E-state index in [2.05, 4.69) is 19.9 Å². The smallest absolute Gasteiger partial charge is 0.305 e. The molecule has 4 rings (SSSR count). The van der Waals surface area contributed by atoms with Gasteiger partial charge in [0.2, 0.25) is 11.9 Å². The van der Waals surface area contributed by atoms with Gasteiger partial charge in [-0.15, -0.1) is 0 Å². The molecular formula is C22H27N5O4. The van der Waals surface area contributed by atoms with Gasteiger partial charge in [-0.2, -0.15) is 0 Å². The van der Waals surface area contributed by atoms with Crippen molar-refractivity contribution >= 4 is 23.5 Å². The Bertz CT molecular complexity index is 957. The highest BCUT2D eigenvalue weighted by molar-refractivity contribution is 6.08. The van der Waals surface area contributed by atoms with E-state index in [0.717, 1.165) is 42.8 Å². The third-order valence-electron chi connectivity index (χ3n) is 5.56. The number of carboxylic acids is 1. The highest BCUT2D eigenvalue weighted by Gasteiger charge is 2.40. The summed E-state index contributed by atoms with van der Waals surface area (Å²) in [7, 11) is 0. The molecule has 1 aromatic carbocycles. The third-order valence-corrected chi connectivity index (χ3v) is 5.56. The fraction of sp³-hybridized carbons (Fsp3) is 0.455. The van der Waals surface area contributed by atoms with Crippen LogP contribution >= 0.6 is 0 Å². The molecule has 0 radical (unpaired) electrons. The molecule has 31 heavy (non-hydrogen) atoms. The van der Waals surface area contributed by atoms with Crippen LogP contribution in [0.15, 0.2) is 41.9 Å². The normalized spacial score (nSPS) is 17.0. The molecule has 1 saturated heterocycles. The number of fused-ring (bicyclic) bond motifs is 2. The average molecular weight is 425 g/mol. The molecule has 9 heteroatoms. The monoisotopic (exact) mass is 425 g/mol. The Labute approximate surface area is 180 Å². The first kappa shape index (κ1) is 20.9. The van der Waals surface area contributed by atoms with Gasteiger partial charge in [0.1, 0.15) is 11.8 Å². The molecule has 164 valence electrons. The van der Waals surface area contributed by atoms with Crippen LogP contribution in [-0.4, -0.2) is 50.0 Å². The fourth-order valence-electron chi connectivity index (χ4n) is 3.92. The van der Waals surface area contributed by atoms with E-state index in [1.165, 1.54) is 12.8 Å². The Balaban J connectivity index is 1.21. The van der Waals surface area contributed by atoms with Crippen LogP contribution in [0.2, 0.25) is 0 Å². The fourth-order valence-corrected chi connectivity index (χ4v) is 3.92. The lowest BCUT2D eigenvalue weighted by Crippen LogP contribution is -2.38. The van der Waals surface area contributed by atoms with Crippen LogP contribution in [0.5, 0.6) is 5.75 Å². The van der Waals surface area contributed by atoms with Crippen molar-refractivity contribution in [1.29, 1.82) is 0 Å². The van der Waals surface area contributed by atoms with Crippen molar-refractivity contribution < 1.29 is 19.4 Å². The number of hydrogen-bond donors (Lipinski definition) is 2. The molecule has 1 fully saturated rings. The zero-order valence-corrected chi connectivity index (χ0v) is 17.4. The summed E-state index contributed by atoms with van der Waals surface area (Å²) in [5.41, 5.74) is 1.69. The minimum atomic E-state index is -1.01. The maximum absolute atomic E-state index is 12.1. The topological polar surface area (TPSA) is 109 Å². The van der Waals surface area contributed by atoms with Crippen molar-refractivity contribution in [2.75, 3.05) is 6.61 Å². The van der Waals surface area contributed by atoms with Crippen molar-refractivity contribution in [2.45, 2.75) is 57.7 Å². The molecule has 2 N–H and O–H groups in total. The average Bonchev–Trinajstić information content (AvgIpc) is 3.36. The van der Waals surface area contributed by atoms with Gasteiger partial charge in [0.15, 0.2) is 0 Å². The van der Waals surface area contributed by atoms with Crippen LogP contribution in [0.3, 0.4) is 0 Å². The second kappa shape index (κ2) is 9.63. The van der Waals surface area contributed by atoms with E-state index in [9.17, 15) is 9.59 Å². The molecule has 0 saturated carbocycles. The lowest BCUT2D eigenvalue weighted by atomic mass is 10.1. The summed E-state index contributed by atoms with van der Waals surface area (Å²) in [6.45, 7) is 2.10. The van der Waals surface area contributed by atoms with E-state index in [0.29, 0.717) is 19.1 Å². The van der Waals surface area contributed by atoms with Gasteiger partial charge in [-0.05, 0) is 31.0 Å². The van der Waals surface area contributed by atoms with Gasteiger partial charge in [-0.1, -0.05) is 19.3 Å². The second-order valence-electron chi connectivity index (χ2n) is 7.87. The van der Waals surface area contributed by atoms with Gasteiger partial charge in [0.05, 0.1) is 25.0 Å². The largest absolute Gasteiger partial charge is 0.494 e. The van der Waals surface area contributed by atoms with Crippen LogP contribution in [0, 0.1) is 0 Å². The minimum Gasteiger partial charge on any atom is -0.494 e. The number of aliphatic imine (C=N–C) groups is 1. The zero-order chi connectivity index (χ0) is 21.6. The molecule has 3 heterocycles. The molecule has 9 nitrogen and oxygen atoms in total. The number of carbonyl (C=O) groups is 2. The summed E-state index contributed by atoms with van der Waals surface area (Å²) >= 11 is 0. The van der Waals surface area contributed by atoms with Crippen LogP contribution in [0.4, 0.5) is 5.69 Å². The number of unbranched alkanes of at least 4 members (excludes halogenated alkanes) is 4. The number of hydrogen-bond acceptors (Lipinski definition) is 6. The van der Waals surface area contributed by atoms with Gasteiger partial charge in [0.25, 0.3) is 0 Å². The number of rotatable bonds is 11. The summed E-state index contributed by atoms with van der Waals surface area (Å²) in [4.78, 5) is 33.4. The lowest BCUT2D eigenvalue weighted by Gasteiger charge is -2.27. The number of nitrogens with zero attached hydrogens (tertiary/aromatic N) is 4. The molecular weight excluding hydrogens is 398 g/mol. The highest BCUT2D eigenvalue weighted by Crippen LogP contribution is 2.32. The van der Waals surface area contributed by atoms with E-state index in [-0.39, 0.29) is 12.3 Å². The van der Waals surface area contributed by atoms with Crippen molar-refractivity contribution in [2.24, 2.45) is 4.99 Å². The number of imidazole rings is 1. The van der Waals surface area contributed by atoms with Crippen molar-refractivity contribution in [3.05, 3.63) is 42.5 Å². The minimum absolute atomic E-state index is 0.251. The molecule has 1 atom stereocenters. The number of carbonyl (C=O) groups excluding carboxylic acids is 1. The molecule has 0 spiro atoms. The molecule has 2 aromatic rings. The van der Waals surface area contributed by atoms with Crippen molar-refractivity contribution in [3.63, 3.8) is 0 Å². The number of nitrogens with one attached hydrogen (secondary N) is 1. The maximum atomic E-state index is 12.1. The highest BCUT2D eigenvalue weighted by atomic mass is 16.5. The number of carboxylic acid groups (broad SMARTS) is 1. The Morgan fingerprint density at radius 2 is 2.06 bits per heavy atom. The van der Waals surface area contributed by atoms with E-state index in [1.54, 1.807) is 11.1 Å². The SMILES string of the molecule is O=C(O)CC1C(=O)NC2=Nc3ccc(OCCCCCCCn4ccnc4)cc3CN21. The van der Waals surface area contributed by atoms with Crippen LogP contribution in [-0.2, 0) is 22.7 Å². The summed E-state index contributed by atoms with van der Waals surface area (Å²) in [6, 6.07) is 4.96. The number of ether oxygens (including phenoxy) is 1. The number of benzene rings is 1. The first-order chi connectivity index (χ1) is 15.1. The van der Waals surface area contributed by atoms with E-state index < -0.39 is 12.0 Å². The Morgan fingerprint density at radius 1 is 1.23 bits per heavy atom. The predicted molar refractivity (Wildman–Crippen MR) is 114 cm³/mol. The number of aliphatic carboxylic acids is 1. The summed E-state index contributed by atoms with van der Waals surface area (Å²) in [5.74, 6) is -0.141. The summed E-state index contributed by atoms with van der Waals surface area (Å²) < 4.78 is 8.01. The molecule has 0 bridgehead atoms. The maximum Gasteiger partial charge on any atom is 0.305 e. The van der Waals surface area contributed by atoms with E-state index in [1.807, 2.05) is 30.7 Å². The molecule has 2 aliphatic heterocycles. The number of aromatic nitrogens is 2. The summed E-state index contributed by atoms with van der Waals surface area (Å²) in [6.07, 6.45) is 11.0. The van der Waals surface area contributed by atoms with Gasteiger partial charge < -0.3 is 19.3 Å². The molecule has 1 aromatic heterocycles. The van der Waals surface area contributed by atoms with Gasteiger partial charge in [0, 0.05) is 31.0 Å². The lowest BCUT2D eigenvalue weighted by molar-refractivity contribution is -0.140. The molecule has 2 aliphatic rings. The van der Waals surface area contributed by atoms with Crippen LogP contribution in [0.1, 0.15) is 44.1 Å². The quantitative estimate of drug-likeness (QED) is 0.536. The molecule has 1 amide bonds. The standard InChI is InChI=1S/C22H27N5O4/c28-20(29)13-19-21(30)25-22-24-18-7-6-17(12-16(18)14-27(19)22)31-11-5-3-1-2-4-9-26-10-8-23-15-26/h6-8,10,12,15,19H,1-5,9,11,13-14H2,(H,28,29)(H,24,25,30). The number of aryl methyl sites for hydroxylation is 1. The third kappa shape index (κ3) is 5.22. The van der Waals surface area contributed by atoms with Gasteiger partial charge >= 0.3 is 5.97 Å². The van der Waals surface area contributed by atoms with E-state index >= 15 is 0 Å². The van der Waals surface area contributed by atoms with Gasteiger partial charge in [-0.25, -0.2) is 9.98 Å². The number of amides is 1. The first-order valence-electron chi connectivity index (χ1n) is 10.7. The van der Waals surface area contributed by atoms with E-state index in [4.69, 9.17) is 9.84 Å². The Kier molecular flexibility index (Phi) is 6.49. The predicted octanol–water partition coefficient (Wildman–Crippen LogP) is 2.69. The molecule has 1 unspecified atom stereocenters. The zero-order valence-electron chi connectivity index (χ0n) is 17.4. The van der Waals surface area contributed by atoms with Gasteiger partial charge in [-0.3, -0.25) is 14.9 Å². The van der Waals surface area contributed by atoms with Crippen molar-refractivity contribution in [1.82, 2.24) is 19.8 Å². The summed E-state index contributed by atoms with van der Waals surface area (Å²) in [5, 5.41) is 11.8. The number of guanidine groups is 1. The van der Waals surface area contributed by atoms with Crippen molar-refractivity contribution in [3.8, 4) is 5.75 Å². The first-order valence-corrected chi connectivity index (χ1v) is 10.7. The van der Waals surface area contributed by atoms with Crippen LogP contribution in [0.25, 0.3) is 0 Å². The molecule has 0 aliphatic carbocycles. The Morgan fingerprint density at radius 3 is 2.87 bits per heavy atom. The second-order valence-corrected chi connectivity index (χ2v) is 7.87. The van der Waals surface area contributed by atoms with Crippen LogP contribution < -0.4 is 10.1 Å². The Hall–Kier alpha value is -3.36.